The summed E-state index contributed by atoms with van der Waals surface area (Å²) in [6.07, 6.45) is 0.220. The number of oxime groups is 1. The lowest BCUT2D eigenvalue weighted by Gasteiger charge is -2.18. The van der Waals surface area contributed by atoms with E-state index in [1.54, 1.807) is 43.5 Å². The number of amidine groups is 1. The van der Waals surface area contributed by atoms with Gasteiger partial charge in [-0.05, 0) is 54.4 Å². The van der Waals surface area contributed by atoms with Crippen LogP contribution in [0.2, 0.25) is 0 Å². The Morgan fingerprint density at radius 2 is 1.86 bits per heavy atom. The van der Waals surface area contributed by atoms with E-state index in [4.69, 9.17) is 21.4 Å². The molecule has 4 rings (SSSR count). The average Bonchev–Trinajstić information content (AvgIpc) is 3.31. The molecule has 10 nitrogen and oxygen atoms in total. The third-order valence-corrected chi connectivity index (χ3v) is 8.01. The molecule has 6 N–H and O–H groups in total. The van der Waals surface area contributed by atoms with Gasteiger partial charge in [-0.25, -0.2) is 18.1 Å². The molecule has 0 radical (unpaired) electrons. The number of amides is 1. The lowest BCUT2D eigenvalue weighted by Crippen LogP contribution is -2.30. The molecule has 0 bridgehead atoms. The van der Waals surface area contributed by atoms with Crippen LogP contribution < -0.4 is 20.9 Å². The van der Waals surface area contributed by atoms with E-state index < -0.39 is 22.0 Å². The first-order valence-corrected chi connectivity index (χ1v) is 12.9. The van der Waals surface area contributed by atoms with E-state index in [9.17, 15) is 13.2 Å². The normalized spacial score (nSPS) is 13.0. The molecule has 0 fully saturated rings. The third kappa shape index (κ3) is 5.46. The molecule has 0 spiro atoms. The largest absolute Gasteiger partial charge is 0.497 e. The molecular weight excluding hydrogens is 502 g/mol. The maximum atomic E-state index is 13.3. The molecule has 1 amide bonds. The van der Waals surface area contributed by atoms with Gasteiger partial charge in [0.2, 0.25) is 15.9 Å². The van der Waals surface area contributed by atoms with Gasteiger partial charge in [-0.3, -0.25) is 4.79 Å². The SMILES string of the molecule is COc1ccc2nc(C(Cc3cccc(C(N)=NO)c3)NS(=O)(=O)c3cccc(C(N)=O)c3)sc2c1. The van der Waals surface area contributed by atoms with Crippen molar-refractivity contribution < 1.29 is 23.2 Å². The fourth-order valence-corrected chi connectivity index (χ4v) is 5.97. The highest BCUT2D eigenvalue weighted by Gasteiger charge is 2.25. The molecule has 186 valence electrons. The van der Waals surface area contributed by atoms with Crippen LogP contribution >= 0.6 is 11.3 Å². The second-order valence-electron chi connectivity index (χ2n) is 7.84. The van der Waals surface area contributed by atoms with Crippen LogP contribution in [0.25, 0.3) is 10.2 Å². The van der Waals surface area contributed by atoms with Gasteiger partial charge in [-0.15, -0.1) is 11.3 Å². The van der Waals surface area contributed by atoms with Crippen molar-refractivity contribution in [3.05, 3.63) is 88.4 Å². The number of sulfonamides is 1. The Morgan fingerprint density at radius 1 is 1.11 bits per heavy atom. The van der Waals surface area contributed by atoms with Crippen LogP contribution in [0.5, 0.6) is 5.75 Å². The van der Waals surface area contributed by atoms with Crippen molar-refractivity contribution in [2.75, 3.05) is 7.11 Å². The first kappa shape index (κ1) is 25.1. The zero-order chi connectivity index (χ0) is 25.9. The van der Waals surface area contributed by atoms with E-state index in [0.29, 0.717) is 21.8 Å². The molecule has 1 heterocycles. The van der Waals surface area contributed by atoms with Crippen LogP contribution in [-0.4, -0.2) is 37.5 Å². The van der Waals surface area contributed by atoms with Crippen LogP contribution in [0.4, 0.5) is 0 Å². The number of aromatic nitrogens is 1. The van der Waals surface area contributed by atoms with Crippen LogP contribution in [0, 0.1) is 0 Å². The quantitative estimate of drug-likeness (QED) is 0.113. The summed E-state index contributed by atoms with van der Waals surface area (Å²) < 4.78 is 35.5. The summed E-state index contributed by atoms with van der Waals surface area (Å²) in [4.78, 5) is 16.1. The summed E-state index contributed by atoms with van der Waals surface area (Å²) >= 11 is 1.33. The number of benzene rings is 3. The van der Waals surface area contributed by atoms with Crippen molar-refractivity contribution in [1.82, 2.24) is 9.71 Å². The van der Waals surface area contributed by atoms with Crippen LogP contribution in [0.3, 0.4) is 0 Å². The molecule has 36 heavy (non-hydrogen) atoms. The Labute approximate surface area is 211 Å². The molecule has 4 aromatic rings. The number of carbonyl (C=O) groups excluding carboxylic acids is 1. The summed E-state index contributed by atoms with van der Waals surface area (Å²) in [7, 11) is -2.51. The number of methoxy groups -OCH3 is 1. The molecule has 0 saturated carbocycles. The maximum absolute atomic E-state index is 13.3. The molecule has 12 heteroatoms. The minimum absolute atomic E-state index is 0.0654. The Balaban J connectivity index is 1.75. The number of hydrogen-bond donors (Lipinski definition) is 4. The fourth-order valence-electron chi connectivity index (χ4n) is 3.60. The van der Waals surface area contributed by atoms with E-state index in [1.165, 1.54) is 35.6 Å². The highest BCUT2D eigenvalue weighted by molar-refractivity contribution is 7.89. The summed E-state index contributed by atoms with van der Waals surface area (Å²) in [5.41, 5.74) is 13.0. The lowest BCUT2D eigenvalue weighted by molar-refractivity contribution is 0.1000. The van der Waals surface area contributed by atoms with Gasteiger partial charge in [0.15, 0.2) is 5.84 Å². The third-order valence-electron chi connectivity index (χ3n) is 5.41. The van der Waals surface area contributed by atoms with E-state index in [-0.39, 0.29) is 22.7 Å². The van der Waals surface area contributed by atoms with Gasteiger partial charge in [0.25, 0.3) is 0 Å². The van der Waals surface area contributed by atoms with E-state index in [0.717, 1.165) is 10.3 Å². The number of nitrogens with one attached hydrogen (secondary N) is 1. The zero-order valence-electron chi connectivity index (χ0n) is 19.1. The average molecular weight is 526 g/mol. The minimum atomic E-state index is -4.07. The first-order valence-electron chi connectivity index (χ1n) is 10.6. The molecule has 1 unspecified atom stereocenters. The van der Waals surface area contributed by atoms with Crippen molar-refractivity contribution in [1.29, 1.82) is 0 Å². The highest BCUT2D eigenvalue weighted by Crippen LogP contribution is 2.32. The molecule has 3 aromatic carbocycles. The fraction of sp³-hybridized carbons (Fsp3) is 0.125. The van der Waals surface area contributed by atoms with Gasteiger partial charge in [0.05, 0.1) is 28.3 Å². The van der Waals surface area contributed by atoms with E-state index >= 15 is 0 Å². The number of fused-ring (bicyclic) bond motifs is 1. The Kier molecular flexibility index (Phi) is 7.20. The number of carbonyl (C=O) groups is 1. The molecular formula is C24H23N5O5S2. The lowest BCUT2D eigenvalue weighted by atomic mass is 10.0. The molecule has 1 atom stereocenters. The number of nitrogens with zero attached hydrogens (tertiary/aromatic N) is 2. The van der Waals surface area contributed by atoms with Gasteiger partial charge in [0, 0.05) is 11.1 Å². The van der Waals surface area contributed by atoms with Gasteiger partial charge in [-0.2, -0.15) is 0 Å². The number of nitrogens with two attached hydrogens (primary N) is 2. The van der Waals surface area contributed by atoms with Crippen molar-refractivity contribution in [2.45, 2.75) is 17.4 Å². The summed E-state index contributed by atoms with van der Waals surface area (Å²) in [6, 6.07) is 17.1. The van der Waals surface area contributed by atoms with Gasteiger partial charge in [0.1, 0.15) is 10.8 Å². The predicted molar refractivity (Wildman–Crippen MR) is 137 cm³/mol. The minimum Gasteiger partial charge on any atom is -0.497 e. The van der Waals surface area contributed by atoms with Crippen molar-refractivity contribution in [2.24, 2.45) is 16.6 Å². The molecule has 0 aliphatic rings. The molecule has 1 aromatic heterocycles. The van der Waals surface area contributed by atoms with Crippen molar-refractivity contribution in [3.8, 4) is 5.75 Å². The van der Waals surface area contributed by atoms with Gasteiger partial charge in [-0.1, -0.05) is 29.4 Å². The maximum Gasteiger partial charge on any atom is 0.248 e. The first-order chi connectivity index (χ1) is 17.2. The number of ether oxygens (including phenoxy) is 1. The summed E-state index contributed by atoms with van der Waals surface area (Å²) in [5, 5.41) is 12.6. The molecule has 0 aliphatic heterocycles. The Hall–Kier alpha value is -4.00. The Morgan fingerprint density at radius 3 is 2.58 bits per heavy atom. The smallest absolute Gasteiger partial charge is 0.248 e. The number of primary amides is 1. The highest BCUT2D eigenvalue weighted by atomic mass is 32.2. The number of hydrogen-bond acceptors (Lipinski definition) is 8. The van der Waals surface area contributed by atoms with Crippen molar-refractivity contribution in [3.63, 3.8) is 0 Å². The second kappa shape index (κ2) is 10.3. The predicted octanol–water partition coefficient (Wildman–Crippen LogP) is 2.76. The van der Waals surface area contributed by atoms with Gasteiger partial charge < -0.3 is 21.4 Å². The molecule has 0 aliphatic carbocycles. The monoisotopic (exact) mass is 525 g/mol. The van der Waals surface area contributed by atoms with Crippen LogP contribution in [-0.2, 0) is 16.4 Å². The van der Waals surface area contributed by atoms with Crippen molar-refractivity contribution >= 4 is 43.3 Å². The zero-order valence-corrected chi connectivity index (χ0v) is 20.7. The standard InChI is InChI=1S/C24H23N5O5S2/c1-34-17-8-9-19-21(13-17)35-24(27-19)20(11-14-4-2-5-15(10-14)22(25)28-31)29-36(32,33)18-7-3-6-16(12-18)23(26)30/h2-10,12-13,20,29,31H,11H2,1H3,(H2,25,28)(H2,26,30). The second-order valence-corrected chi connectivity index (χ2v) is 10.6. The molecule has 0 saturated heterocycles. The van der Waals surface area contributed by atoms with Crippen LogP contribution in [0.1, 0.15) is 32.5 Å². The summed E-state index contributed by atoms with van der Waals surface area (Å²) in [6.45, 7) is 0. The van der Waals surface area contributed by atoms with E-state index in [2.05, 4.69) is 14.9 Å². The topological polar surface area (TPSA) is 170 Å². The van der Waals surface area contributed by atoms with Gasteiger partial charge >= 0.3 is 0 Å². The number of rotatable bonds is 9. The Bertz CT molecular complexity index is 1570. The van der Waals surface area contributed by atoms with Crippen LogP contribution in [0.15, 0.2) is 76.8 Å². The summed E-state index contributed by atoms with van der Waals surface area (Å²) in [5.74, 6) is -0.141. The number of thiazole rings is 1. The van der Waals surface area contributed by atoms with E-state index in [1.807, 2.05) is 6.07 Å².